The van der Waals surface area contributed by atoms with Crippen LogP contribution in [0.2, 0.25) is 0 Å². The third-order valence-electron chi connectivity index (χ3n) is 2.53. The highest BCUT2D eigenvalue weighted by atomic mass is 16.5. The Hall–Kier alpha value is -1.09. The summed E-state index contributed by atoms with van der Waals surface area (Å²) in [6.45, 7) is 8.38. The van der Waals surface area contributed by atoms with Crippen molar-refractivity contribution in [2.24, 2.45) is 5.41 Å². The van der Waals surface area contributed by atoms with Crippen LogP contribution in [0.25, 0.3) is 0 Å². The molecule has 1 rings (SSSR count). The minimum absolute atomic E-state index is 0.100. The summed E-state index contributed by atoms with van der Waals surface area (Å²) in [6, 6.07) is 0. The molecule has 3 nitrogen and oxygen atoms in total. The summed E-state index contributed by atoms with van der Waals surface area (Å²) in [5.41, 5.74) is 0.584. The second-order valence-corrected chi connectivity index (χ2v) is 5.03. The third-order valence-corrected chi connectivity index (χ3v) is 2.53. The maximum absolute atomic E-state index is 11.9. The van der Waals surface area contributed by atoms with Crippen molar-refractivity contribution in [3.8, 4) is 0 Å². The zero-order valence-corrected chi connectivity index (χ0v) is 10.8. The van der Waals surface area contributed by atoms with E-state index in [9.17, 15) is 4.79 Å². The molecule has 0 aromatic heterocycles. The molecule has 1 aliphatic heterocycles. The first-order valence-electron chi connectivity index (χ1n) is 5.62. The molecular formula is C13H21NO2. The molecule has 0 spiro atoms. The van der Waals surface area contributed by atoms with Gasteiger partial charge in [0.05, 0.1) is 18.1 Å². The SMILES string of the molecule is CC(C)OCC1=CN(C)C(=O)C(C)(C)C=C1. The Morgan fingerprint density at radius 1 is 1.44 bits per heavy atom. The molecule has 3 heteroatoms. The first-order valence-corrected chi connectivity index (χ1v) is 5.62. The van der Waals surface area contributed by atoms with Gasteiger partial charge in [0.1, 0.15) is 0 Å². The lowest BCUT2D eigenvalue weighted by Crippen LogP contribution is -2.33. The first-order chi connectivity index (χ1) is 7.33. The molecule has 0 N–H and O–H groups in total. The van der Waals surface area contributed by atoms with E-state index >= 15 is 0 Å². The number of ether oxygens (including phenoxy) is 1. The molecule has 0 saturated heterocycles. The summed E-state index contributed by atoms with van der Waals surface area (Å²) >= 11 is 0. The van der Waals surface area contributed by atoms with E-state index in [4.69, 9.17) is 4.74 Å². The van der Waals surface area contributed by atoms with Gasteiger partial charge in [0.15, 0.2) is 0 Å². The maximum atomic E-state index is 11.9. The van der Waals surface area contributed by atoms with Crippen molar-refractivity contribution >= 4 is 5.91 Å². The van der Waals surface area contributed by atoms with Crippen LogP contribution in [-0.4, -0.2) is 30.6 Å². The Labute approximate surface area is 97.8 Å². The summed E-state index contributed by atoms with van der Waals surface area (Å²) in [6.07, 6.45) is 5.96. The molecule has 1 aliphatic rings. The van der Waals surface area contributed by atoms with E-state index in [1.165, 1.54) is 0 Å². The van der Waals surface area contributed by atoms with Gasteiger partial charge in [0.2, 0.25) is 5.91 Å². The van der Waals surface area contributed by atoms with E-state index in [1.54, 1.807) is 11.9 Å². The molecule has 0 saturated carbocycles. The topological polar surface area (TPSA) is 29.5 Å². The van der Waals surface area contributed by atoms with Crippen LogP contribution in [0.1, 0.15) is 27.7 Å². The van der Waals surface area contributed by atoms with Gasteiger partial charge in [-0.2, -0.15) is 0 Å². The van der Waals surface area contributed by atoms with Gasteiger partial charge in [-0.05, 0) is 33.3 Å². The molecule has 0 fully saturated rings. The fraction of sp³-hybridized carbons (Fsp3) is 0.615. The number of amides is 1. The van der Waals surface area contributed by atoms with Gasteiger partial charge < -0.3 is 9.64 Å². The summed E-state index contributed by atoms with van der Waals surface area (Å²) in [5, 5.41) is 0. The lowest BCUT2D eigenvalue weighted by molar-refractivity contribution is -0.133. The molecule has 0 atom stereocenters. The predicted molar refractivity (Wildman–Crippen MR) is 64.9 cm³/mol. The van der Waals surface area contributed by atoms with Gasteiger partial charge >= 0.3 is 0 Å². The van der Waals surface area contributed by atoms with Crippen LogP contribution in [-0.2, 0) is 9.53 Å². The van der Waals surface area contributed by atoms with Crippen molar-refractivity contribution in [3.05, 3.63) is 23.9 Å². The van der Waals surface area contributed by atoms with Crippen LogP contribution >= 0.6 is 0 Å². The predicted octanol–water partition coefficient (Wildman–Crippen LogP) is 2.35. The smallest absolute Gasteiger partial charge is 0.235 e. The summed E-state index contributed by atoms with van der Waals surface area (Å²) < 4.78 is 5.53. The number of rotatable bonds is 3. The average Bonchev–Trinajstić information content (AvgIpc) is 2.28. The number of carbonyl (C=O) groups excluding carboxylic acids is 1. The molecule has 1 heterocycles. The van der Waals surface area contributed by atoms with Crippen molar-refractivity contribution in [2.45, 2.75) is 33.8 Å². The summed E-state index contributed by atoms with van der Waals surface area (Å²) in [5.74, 6) is 0.100. The van der Waals surface area contributed by atoms with E-state index in [1.807, 2.05) is 46.0 Å². The van der Waals surface area contributed by atoms with Crippen LogP contribution in [0.5, 0.6) is 0 Å². The van der Waals surface area contributed by atoms with E-state index < -0.39 is 5.41 Å². The molecule has 0 bridgehead atoms. The molecule has 0 radical (unpaired) electrons. The minimum atomic E-state index is -0.440. The van der Waals surface area contributed by atoms with Gasteiger partial charge in [0, 0.05) is 13.2 Å². The molecule has 90 valence electrons. The fourth-order valence-electron chi connectivity index (χ4n) is 1.54. The summed E-state index contributed by atoms with van der Waals surface area (Å²) in [7, 11) is 1.78. The third kappa shape index (κ3) is 3.20. The number of hydrogen-bond acceptors (Lipinski definition) is 2. The lowest BCUT2D eigenvalue weighted by Gasteiger charge is -2.22. The Kier molecular flexibility index (Phi) is 3.92. The Balaban J connectivity index is 2.80. The van der Waals surface area contributed by atoms with E-state index in [-0.39, 0.29) is 12.0 Å². The van der Waals surface area contributed by atoms with Crippen molar-refractivity contribution in [1.29, 1.82) is 0 Å². The highest BCUT2D eigenvalue weighted by Crippen LogP contribution is 2.24. The highest BCUT2D eigenvalue weighted by Gasteiger charge is 2.28. The van der Waals surface area contributed by atoms with Gasteiger partial charge in [0.25, 0.3) is 0 Å². The number of hydrogen-bond donors (Lipinski definition) is 0. The average molecular weight is 223 g/mol. The van der Waals surface area contributed by atoms with Crippen LogP contribution in [0.15, 0.2) is 23.9 Å². The highest BCUT2D eigenvalue weighted by molar-refractivity contribution is 5.85. The zero-order valence-electron chi connectivity index (χ0n) is 10.8. The molecule has 1 amide bonds. The molecular weight excluding hydrogens is 202 g/mol. The van der Waals surface area contributed by atoms with Gasteiger partial charge in [-0.25, -0.2) is 0 Å². The Bertz CT molecular complexity index is 327. The van der Waals surface area contributed by atoms with Crippen molar-refractivity contribution in [1.82, 2.24) is 4.90 Å². The number of carbonyl (C=O) groups is 1. The number of nitrogens with zero attached hydrogens (tertiary/aromatic N) is 1. The van der Waals surface area contributed by atoms with E-state index in [2.05, 4.69) is 0 Å². The van der Waals surface area contributed by atoms with Crippen LogP contribution < -0.4 is 0 Å². The van der Waals surface area contributed by atoms with E-state index in [0.29, 0.717) is 6.61 Å². The largest absolute Gasteiger partial charge is 0.374 e. The Morgan fingerprint density at radius 3 is 2.62 bits per heavy atom. The molecule has 0 unspecified atom stereocenters. The van der Waals surface area contributed by atoms with Gasteiger partial charge in [-0.1, -0.05) is 12.2 Å². The van der Waals surface area contributed by atoms with Crippen LogP contribution in [0.4, 0.5) is 0 Å². The van der Waals surface area contributed by atoms with Crippen molar-refractivity contribution in [3.63, 3.8) is 0 Å². The standard InChI is InChI=1S/C13H21NO2/c1-10(2)16-9-11-6-7-13(3,4)12(15)14(5)8-11/h6-8,10H,9H2,1-5H3. The van der Waals surface area contributed by atoms with Crippen LogP contribution in [0.3, 0.4) is 0 Å². The Morgan fingerprint density at radius 2 is 2.06 bits per heavy atom. The van der Waals surface area contributed by atoms with Crippen molar-refractivity contribution < 1.29 is 9.53 Å². The molecule has 0 aromatic carbocycles. The quantitative estimate of drug-likeness (QED) is 0.735. The monoisotopic (exact) mass is 223 g/mol. The van der Waals surface area contributed by atoms with Crippen LogP contribution in [0, 0.1) is 5.41 Å². The second kappa shape index (κ2) is 4.83. The zero-order chi connectivity index (χ0) is 12.3. The van der Waals surface area contributed by atoms with Crippen molar-refractivity contribution in [2.75, 3.05) is 13.7 Å². The minimum Gasteiger partial charge on any atom is -0.374 e. The van der Waals surface area contributed by atoms with E-state index in [0.717, 1.165) is 5.57 Å². The second-order valence-electron chi connectivity index (χ2n) is 5.03. The normalized spacial score (nSPS) is 20.0. The van der Waals surface area contributed by atoms with Gasteiger partial charge in [-0.15, -0.1) is 0 Å². The molecule has 0 aliphatic carbocycles. The van der Waals surface area contributed by atoms with Gasteiger partial charge in [-0.3, -0.25) is 4.79 Å². The fourth-order valence-corrected chi connectivity index (χ4v) is 1.54. The molecule has 0 aromatic rings. The first kappa shape index (κ1) is 13.0. The lowest BCUT2D eigenvalue weighted by atomic mass is 9.91. The maximum Gasteiger partial charge on any atom is 0.235 e. The summed E-state index contributed by atoms with van der Waals surface area (Å²) in [4.78, 5) is 13.6. The molecule has 16 heavy (non-hydrogen) atoms.